The van der Waals surface area contributed by atoms with Crippen molar-refractivity contribution < 1.29 is 5.11 Å². The van der Waals surface area contributed by atoms with Crippen LogP contribution < -0.4 is 5.32 Å². The molecule has 1 aromatic rings. The minimum atomic E-state index is -0.641. The van der Waals surface area contributed by atoms with Crippen LogP contribution in [0.3, 0.4) is 0 Å². The van der Waals surface area contributed by atoms with Gasteiger partial charge in [-0.2, -0.15) is 5.26 Å². The second-order valence-corrected chi connectivity index (χ2v) is 6.50. The molecule has 1 aliphatic rings. The molecule has 102 valence electrons. The van der Waals surface area contributed by atoms with Gasteiger partial charge in [0, 0.05) is 11.0 Å². The summed E-state index contributed by atoms with van der Waals surface area (Å²) < 4.78 is 0.889. The normalized spacial score (nSPS) is 26.7. The van der Waals surface area contributed by atoms with Crippen molar-refractivity contribution in [2.75, 3.05) is 11.9 Å². The first-order chi connectivity index (χ1) is 9.02. The fourth-order valence-corrected chi connectivity index (χ4v) is 3.18. The zero-order valence-electron chi connectivity index (χ0n) is 11.1. The molecule has 4 heteroatoms. The molecule has 0 aliphatic heterocycles. The summed E-state index contributed by atoms with van der Waals surface area (Å²) in [4.78, 5) is 0. The molecule has 2 unspecified atom stereocenters. The van der Waals surface area contributed by atoms with Gasteiger partial charge in [0.15, 0.2) is 0 Å². The molecule has 1 aromatic carbocycles. The van der Waals surface area contributed by atoms with Gasteiger partial charge in [-0.1, -0.05) is 35.7 Å². The van der Waals surface area contributed by atoms with E-state index in [2.05, 4.69) is 34.2 Å². The zero-order chi connectivity index (χ0) is 13.9. The Kier molecular flexibility index (Phi) is 4.49. The van der Waals surface area contributed by atoms with Crippen molar-refractivity contribution in [2.45, 2.75) is 38.2 Å². The lowest BCUT2D eigenvalue weighted by Crippen LogP contribution is -2.41. The summed E-state index contributed by atoms with van der Waals surface area (Å²) in [5.74, 6) is 0.570. The highest BCUT2D eigenvalue weighted by Gasteiger charge is 2.32. The topological polar surface area (TPSA) is 56.0 Å². The van der Waals surface area contributed by atoms with Crippen LogP contribution in [0.15, 0.2) is 22.7 Å². The highest BCUT2D eigenvalue weighted by Crippen LogP contribution is 2.32. The molecule has 1 aliphatic carbocycles. The Hall–Kier alpha value is -1.05. The van der Waals surface area contributed by atoms with E-state index in [-0.39, 0.29) is 0 Å². The Morgan fingerprint density at radius 2 is 2.37 bits per heavy atom. The van der Waals surface area contributed by atoms with Crippen molar-refractivity contribution in [2.24, 2.45) is 5.92 Å². The SMILES string of the molecule is CC1CCCC(O)(CNc2ccc(Br)cc2C#N)C1. The molecule has 0 amide bonds. The van der Waals surface area contributed by atoms with Crippen LogP contribution in [0.1, 0.15) is 38.2 Å². The van der Waals surface area contributed by atoms with E-state index >= 15 is 0 Å². The van der Waals surface area contributed by atoms with Crippen molar-refractivity contribution in [3.8, 4) is 6.07 Å². The van der Waals surface area contributed by atoms with Crippen molar-refractivity contribution in [1.82, 2.24) is 0 Å². The third-order valence-electron chi connectivity index (χ3n) is 3.78. The lowest BCUT2D eigenvalue weighted by Gasteiger charge is -2.36. The summed E-state index contributed by atoms with van der Waals surface area (Å²) in [5, 5.41) is 22.9. The van der Waals surface area contributed by atoms with Gasteiger partial charge < -0.3 is 10.4 Å². The summed E-state index contributed by atoms with van der Waals surface area (Å²) in [6.07, 6.45) is 3.94. The van der Waals surface area contributed by atoms with E-state index in [0.29, 0.717) is 18.0 Å². The monoisotopic (exact) mass is 322 g/mol. The largest absolute Gasteiger partial charge is 0.388 e. The number of rotatable bonds is 3. The lowest BCUT2D eigenvalue weighted by atomic mass is 9.79. The van der Waals surface area contributed by atoms with E-state index in [0.717, 1.165) is 29.4 Å². The van der Waals surface area contributed by atoms with Crippen molar-refractivity contribution in [1.29, 1.82) is 5.26 Å². The molecule has 0 saturated heterocycles. The van der Waals surface area contributed by atoms with Crippen molar-refractivity contribution in [3.63, 3.8) is 0 Å². The fraction of sp³-hybridized carbons (Fsp3) is 0.533. The standard InChI is InChI=1S/C15H19BrN2O/c1-11-3-2-6-15(19,8-11)10-18-14-5-4-13(16)7-12(14)9-17/h4-5,7,11,18-19H,2-3,6,8,10H2,1H3. The molecule has 1 fully saturated rings. The molecular formula is C15H19BrN2O. The highest BCUT2D eigenvalue weighted by molar-refractivity contribution is 9.10. The minimum Gasteiger partial charge on any atom is -0.388 e. The second kappa shape index (κ2) is 5.94. The quantitative estimate of drug-likeness (QED) is 0.892. The lowest BCUT2D eigenvalue weighted by molar-refractivity contribution is -0.000763. The average molecular weight is 323 g/mol. The van der Waals surface area contributed by atoms with E-state index < -0.39 is 5.60 Å². The van der Waals surface area contributed by atoms with Gasteiger partial charge in [-0.05, 0) is 37.0 Å². The number of anilines is 1. The molecule has 19 heavy (non-hydrogen) atoms. The molecule has 0 radical (unpaired) electrons. The van der Waals surface area contributed by atoms with Crippen LogP contribution in [0.4, 0.5) is 5.69 Å². The molecule has 0 spiro atoms. The molecule has 2 rings (SSSR count). The summed E-state index contributed by atoms with van der Waals surface area (Å²) in [5.41, 5.74) is 0.747. The average Bonchev–Trinajstić information content (AvgIpc) is 2.37. The van der Waals surface area contributed by atoms with Gasteiger partial charge in [-0.25, -0.2) is 0 Å². The van der Waals surface area contributed by atoms with Crippen molar-refractivity contribution >= 4 is 21.6 Å². The van der Waals surface area contributed by atoms with Gasteiger partial charge in [0.1, 0.15) is 6.07 Å². The maximum atomic E-state index is 10.6. The molecule has 0 bridgehead atoms. The van der Waals surface area contributed by atoms with Gasteiger partial charge in [0.2, 0.25) is 0 Å². The van der Waals surface area contributed by atoms with Crippen LogP contribution in [0.2, 0.25) is 0 Å². The van der Waals surface area contributed by atoms with Crippen LogP contribution in [0.25, 0.3) is 0 Å². The third-order valence-corrected chi connectivity index (χ3v) is 4.27. The predicted octanol–water partition coefficient (Wildman–Crippen LogP) is 3.67. The number of aliphatic hydroxyl groups is 1. The number of hydrogen-bond donors (Lipinski definition) is 2. The molecular weight excluding hydrogens is 304 g/mol. The van der Waals surface area contributed by atoms with Gasteiger partial charge >= 0.3 is 0 Å². The summed E-state index contributed by atoms with van der Waals surface area (Å²) >= 11 is 3.35. The van der Waals surface area contributed by atoms with E-state index in [9.17, 15) is 5.11 Å². The molecule has 0 heterocycles. The molecule has 0 aromatic heterocycles. The first kappa shape index (κ1) is 14.4. The first-order valence-corrected chi connectivity index (χ1v) is 7.48. The maximum absolute atomic E-state index is 10.6. The molecule has 3 nitrogen and oxygen atoms in total. The minimum absolute atomic E-state index is 0.508. The molecule has 1 saturated carbocycles. The Labute approximate surface area is 122 Å². The Morgan fingerprint density at radius 1 is 1.58 bits per heavy atom. The number of hydrogen-bond acceptors (Lipinski definition) is 3. The van der Waals surface area contributed by atoms with E-state index in [1.165, 1.54) is 6.42 Å². The zero-order valence-corrected chi connectivity index (χ0v) is 12.7. The number of nitriles is 1. The number of halogens is 1. The van der Waals surface area contributed by atoms with Gasteiger partial charge in [0.05, 0.1) is 16.9 Å². The van der Waals surface area contributed by atoms with Gasteiger partial charge in [-0.3, -0.25) is 0 Å². The Balaban J connectivity index is 2.04. The van der Waals surface area contributed by atoms with Crippen LogP contribution in [-0.2, 0) is 0 Å². The fourth-order valence-electron chi connectivity index (χ4n) is 2.82. The Morgan fingerprint density at radius 3 is 3.05 bits per heavy atom. The first-order valence-electron chi connectivity index (χ1n) is 6.68. The summed E-state index contributed by atoms with van der Waals surface area (Å²) in [6.45, 7) is 2.69. The van der Waals surface area contributed by atoms with Crippen LogP contribution >= 0.6 is 15.9 Å². The Bertz CT molecular complexity index is 497. The van der Waals surface area contributed by atoms with E-state index in [1.807, 2.05) is 12.1 Å². The highest BCUT2D eigenvalue weighted by atomic mass is 79.9. The predicted molar refractivity (Wildman–Crippen MR) is 79.9 cm³/mol. The second-order valence-electron chi connectivity index (χ2n) is 5.58. The molecule has 2 atom stereocenters. The van der Waals surface area contributed by atoms with Crippen LogP contribution in [0, 0.1) is 17.2 Å². The number of nitrogens with one attached hydrogen (secondary N) is 1. The van der Waals surface area contributed by atoms with Gasteiger partial charge in [0.25, 0.3) is 0 Å². The molecule has 2 N–H and O–H groups in total. The van der Waals surface area contributed by atoms with Gasteiger partial charge in [-0.15, -0.1) is 0 Å². The number of benzene rings is 1. The van der Waals surface area contributed by atoms with E-state index in [4.69, 9.17) is 5.26 Å². The number of nitrogens with zero attached hydrogens (tertiary/aromatic N) is 1. The maximum Gasteiger partial charge on any atom is 0.101 e. The van der Waals surface area contributed by atoms with E-state index in [1.54, 1.807) is 6.07 Å². The van der Waals surface area contributed by atoms with Crippen molar-refractivity contribution in [3.05, 3.63) is 28.2 Å². The van der Waals surface area contributed by atoms with Crippen LogP contribution in [-0.4, -0.2) is 17.3 Å². The smallest absolute Gasteiger partial charge is 0.101 e. The summed E-state index contributed by atoms with van der Waals surface area (Å²) in [6, 6.07) is 7.73. The van der Waals surface area contributed by atoms with Crippen LogP contribution in [0.5, 0.6) is 0 Å². The summed E-state index contributed by atoms with van der Waals surface area (Å²) in [7, 11) is 0. The third kappa shape index (κ3) is 3.71.